The maximum absolute atomic E-state index is 5.53. The van der Waals surface area contributed by atoms with Crippen LogP contribution in [-0.2, 0) is 9.47 Å². The van der Waals surface area contributed by atoms with E-state index in [1.54, 1.807) is 0 Å². The summed E-state index contributed by atoms with van der Waals surface area (Å²) >= 11 is 0. The lowest BCUT2D eigenvalue weighted by Crippen LogP contribution is -2.48. The van der Waals surface area contributed by atoms with Crippen molar-refractivity contribution in [2.75, 3.05) is 19.8 Å². The molecule has 2 N–H and O–H groups in total. The summed E-state index contributed by atoms with van der Waals surface area (Å²) in [5.41, 5.74) is 4.99. The zero-order chi connectivity index (χ0) is 6.04. The van der Waals surface area contributed by atoms with E-state index in [0.29, 0.717) is 19.8 Å². The number of rotatable bonds is 0. The first-order valence-corrected chi connectivity index (χ1v) is 2.71. The molecule has 0 aromatic heterocycles. The van der Waals surface area contributed by atoms with Gasteiger partial charge in [0.05, 0.1) is 19.8 Å². The SMILES string of the molecule is CC1(N)COCCO1. The molecule has 0 aromatic carbocycles. The predicted molar refractivity (Wildman–Crippen MR) is 29.4 cm³/mol. The molecule has 1 heterocycles. The van der Waals surface area contributed by atoms with Gasteiger partial charge in [0.1, 0.15) is 5.72 Å². The summed E-state index contributed by atoms with van der Waals surface area (Å²) in [4.78, 5) is 0. The summed E-state index contributed by atoms with van der Waals surface area (Å²) in [6.07, 6.45) is 0. The zero-order valence-corrected chi connectivity index (χ0v) is 5.02. The van der Waals surface area contributed by atoms with Crippen molar-refractivity contribution in [3.63, 3.8) is 0 Å². The molecule has 8 heavy (non-hydrogen) atoms. The molecule has 1 unspecified atom stereocenters. The van der Waals surface area contributed by atoms with Gasteiger partial charge in [-0.2, -0.15) is 0 Å². The third-order valence-corrected chi connectivity index (χ3v) is 1.05. The van der Waals surface area contributed by atoms with Gasteiger partial charge in [0, 0.05) is 0 Å². The van der Waals surface area contributed by atoms with Crippen molar-refractivity contribution in [1.29, 1.82) is 0 Å². The van der Waals surface area contributed by atoms with Gasteiger partial charge in [-0.25, -0.2) is 0 Å². The molecule has 1 saturated heterocycles. The quantitative estimate of drug-likeness (QED) is 0.474. The van der Waals surface area contributed by atoms with E-state index in [1.165, 1.54) is 0 Å². The molecule has 0 aromatic rings. The smallest absolute Gasteiger partial charge is 0.137 e. The summed E-state index contributed by atoms with van der Waals surface area (Å²) in [6.45, 7) is 3.61. The number of hydrogen-bond acceptors (Lipinski definition) is 3. The topological polar surface area (TPSA) is 44.5 Å². The second-order valence-corrected chi connectivity index (χ2v) is 2.21. The first-order chi connectivity index (χ1) is 3.71. The largest absolute Gasteiger partial charge is 0.375 e. The molecule has 48 valence electrons. The van der Waals surface area contributed by atoms with E-state index < -0.39 is 5.72 Å². The molecule has 1 fully saturated rings. The fraction of sp³-hybridized carbons (Fsp3) is 1.00. The predicted octanol–water partition coefficient (Wildman–Crippen LogP) is -0.292. The van der Waals surface area contributed by atoms with Crippen molar-refractivity contribution < 1.29 is 9.47 Å². The molecule has 1 atom stereocenters. The van der Waals surface area contributed by atoms with Crippen molar-refractivity contribution in [3.05, 3.63) is 0 Å². The van der Waals surface area contributed by atoms with E-state index in [-0.39, 0.29) is 0 Å². The van der Waals surface area contributed by atoms with Crippen LogP contribution in [-0.4, -0.2) is 25.5 Å². The highest BCUT2D eigenvalue weighted by molar-refractivity contribution is 4.67. The van der Waals surface area contributed by atoms with E-state index in [0.717, 1.165) is 0 Å². The normalized spacial score (nSPS) is 39.8. The van der Waals surface area contributed by atoms with Crippen molar-refractivity contribution in [2.24, 2.45) is 5.73 Å². The third-order valence-electron chi connectivity index (χ3n) is 1.05. The Kier molecular flexibility index (Phi) is 1.51. The van der Waals surface area contributed by atoms with Crippen molar-refractivity contribution >= 4 is 0 Å². The average molecular weight is 117 g/mol. The minimum Gasteiger partial charge on any atom is -0.375 e. The van der Waals surface area contributed by atoms with Gasteiger partial charge in [-0.15, -0.1) is 0 Å². The monoisotopic (exact) mass is 117 g/mol. The molecule has 0 saturated carbocycles. The highest BCUT2D eigenvalue weighted by Gasteiger charge is 2.22. The minimum absolute atomic E-state index is 0.507. The van der Waals surface area contributed by atoms with Gasteiger partial charge in [-0.3, -0.25) is 0 Å². The summed E-state index contributed by atoms with van der Waals surface area (Å²) in [7, 11) is 0. The highest BCUT2D eigenvalue weighted by atomic mass is 16.6. The maximum Gasteiger partial charge on any atom is 0.137 e. The fourth-order valence-corrected chi connectivity index (χ4v) is 0.650. The van der Waals surface area contributed by atoms with Crippen LogP contribution in [0.15, 0.2) is 0 Å². The summed E-state index contributed by atoms with van der Waals surface area (Å²) in [5.74, 6) is 0. The van der Waals surface area contributed by atoms with E-state index in [1.807, 2.05) is 6.92 Å². The van der Waals surface area contributed by atoms with Gasteiger partial charge in [-0.1, -0.05) is 0 Å². The van der Waals surface area contributed by atoms with Crippen LogP contribution >= 0.6 is 0 Å². The molecule has 0 amide bonds. The lowest BCUT2D eigenvalue weighted by atomic mass is 10.3. The molecule has 0 aliphatic carbocycles. The minimum atomic E-state index is -0.543. The van der Waals surface area contributed by atoms with Gasteiger partial charge in [-0.05, 0) is 6.92 Å². The average Bonchev–Trinajstić information content (AvgIpc) is 1.65. The van der Waals surface area contributed by atoms with E-state index >= 15 is 0 Å². The molecule has 1 aliphatic heterocycles. The molecule has 1 aliphatic rings. The van der Waals surface area contributed by atoms with Gasteiger partial charge < -0.3 is 15.2 Å². The molecule has 3 nitrogen and oxygen atoms in total. The molecule has 1 rings (SSSR count). The lowest BCUT2D eigenvalue weighted by molar-refractivity contribution is -0.144. The van der Waals surface area contributed by atoms with Gasteiger partial charge in [0.2, 0.25) is 0 Å². The molecule has 0 bridgehead atoms. The summed E-state index contributed by atoms with van der Waals surface area (Å²) in [5, 5.41) is 0. The molecule has 0 spiro atoms. The van der Waals surface area contributed by atoms with Crippen LogP contribution < -0.4 is 5.73 Å². The van der Waals surface area contributed by atoms with Crippen molar-refractivity contribution in [3.8, 4) is 0 Å². The Labute approximate surface area is 48.8 Å². The van der Waals surface area contributed by atoms with Crippen molar-refractivity contribution in [1.82, 2.24) is 0 Å². The Morgan fingerprint density at radius 2 is 2.25 bits per heavy atom. The van der Waals surface area contributed by atoms with E-state index in [9.17, 15) is 0 Å². The Morgan fingerprint density at radius 3 is 2.50 bits per heavy atom. The van der Waals surface area contributed by atoms with Crippen LogP contribution in [0.5, 0.6) is 0 Å². The first-order valence-electron chi connectivity index (χ1n) is 2.71. The zero-order valence-electron chi connectivity index (χ0n) is 5.02. The van der Waals surface area contributed by atoms with Crippen LogP contribution in [0.4, 0.5) is 0 Å². The van der Waals surface area contributed by atoms with E-state index in [2.05, 4.69) is 0 Å². The van der Waals surface area contributed by atoms with E-state index in [4.69, 9.17) is 15.2 Å². The molecule has 3 heteroatoms. The van der Waals surface area contributed by atoms with Crippen LogP contribution in [0.25, 0.3) is 0 Å². The number of ether oxygens (including phenoxy) is 2. The Balaban J connectivity index is 2.33. The van der Waals surface area contributed by atoms with Crippen LogP contribution in [0.1, 0.15) is 6.92 Å². The number of hydrogen-bond donors (Lipinski definition) is 1. The molecule has 0 radical (unpaired) electrons. The first kappa shape index (κ1) is 6.01. The van der Waals surface area contributed by atoms with Crippen LogP contribution in [0.3, 0.4) is 0 Å². The standard InChI is InChI=1S/C5H11NO2/c1-5(6)4-7-2-3-8-5/h2-4,6H2,1H3. The van der Waals surface area contributed by atoms with Gasteiger partial charge >= 0.3 is 0 Å². The van der Waals surface area contributed by atoms with Gasteiger partial charge in [0.15, 0.2) is 0 Å². The third kappa shape index (κ3) is 1.43. The number of nitrogens with two attached hydrogens (primary N) is 1. The maximum atomic E-state index is 5.53. The van der Waals surface area contributed by atoms with Gasteiger partial charge in [0.25, 0.3) is 0 Å². The van der Waals surface area contributed by atoms with Crippen LogP contribution in [0, 0.1) is 0 Å². The molecular formula is C5H11NO2. The van der Waals surface area contributed by atoms with Crippen molar-refractivity contribution in [2.45, 2.75) is 12.6 Å². The highest BCUT2D eigenvalue weighted by Crippen LogP contribution is 2.06. The second kappa shape index (κ2) is 2.01. The lowest BCUT2D eigenvalue weighted by Gasteiger charge is -2.29. The second-order valence-electron chi connectivity index (χ2n) is 2.21. The van der Waals surface area contributed by atoms with Crippen LogP contribution in [0.2, 0.25) is 0 Å². The summed E-state index contributed by atoms with van der Waals surface area (Å²) < 4.78 is 10.2. The summed E-state index contributed by atoms with van der Waals surface area (Å²) in [6, 6.07) is 0. The molecular weight excluding hydrogens is 106 g/mol. The fourth-order valence-electron chi connectivity index (χ4n) is 0.650. The Morgan fingerprint density at radius 1 is 1.50 bits per heavy atom. The Hall–Kier alpha value is -0.120. The Bertz CT molecular complexity index is 74.5.